The average molecular weight is 389 g/mol. The summed E-state index contributed by atoms with van der Waals surface area (Å²) in [7, 11) is 0. The summed E-state index contributed by atoms with van der Waals surface area (Å²) in [5, 5.41) is 14.5. The van der Waals surface area contributed by atoms with Crippen LogP contribution >= 0.6 is 23.1 Å². The Hall–Kier alpha value is -1.44. The van der Waals surface area contributed by atoms with Gasteiger partial charge in [0.05, 0.1) is 10.2 Å². The summed E-state index contributed by atoms with van der Waals surface area (Å²) in [5.41, 5.74) is 5.20. The molecule has 0 bridgehead atoms. The van der Waals surface area contributed by atoms with E-state index >= 15 is 0 Å². The number of fused-ring (bicyclic) bond motifs is 5. The molecule has 3 aromatic rings. The summed E-state index contributed by atoms with van der Waals surface area (Å²) in [6.45, 7) is 5.34. The Morgan fingerprint density at radius 1 is 1.19 bits per heavy atom. The number of thiophene rings is 1. The zero-order valence-corrected chi connectivity index (χ0v) is 17.1. The molecule has 0 fully saturated rings. The normalized spacial score (nSPS) is 13.9. The van der Waals surface area contributed by atoms with Crippen molar-refractivity contribution in [2.45, 2.75) is 50.6 Å². The van der Waals surface area contributed by atoms with E-state index in [0.29, 0.717) is 18.9 Å². The molecule has 0 radical (unpaired) electrons. The highest BCUT2D eigenvalue weighted by atomic mass is 32.2. The smallest absolute Gasteiger partial charge is 0.189 e. The van der Waals surface area contributed by atoms with E-state index in [2.05, 4.69) is 24.1 Å². The second-order valence-corrected chi connectivity index (χ2v) is 8.76. The number of rotatable bonds is 6. The van der Waals surface area contributed by atoms with Crippen LogP contribution in [-0.4, -0.2) is 39.5 Å². The first-order valence-electron chi connectivity index (χ1n) is 9.18. The van der Waals surface area contributed by atoms with Crippen molar-refractivity contribution in [2.24, 2.45) is 0 Å². The Balaban J connectivity index is 1.98. The third kappa shape index (κ3) is 2.96. The van der Waals surface area contributed by atoms with E-state index < -0.39 is 0 Å². The van der Waals surface area contributed by atoms with E-state index in [1.165, 1.54) is 28.6 Å². The molecule has 4 rings (SSSR count). The van der Waals surface area contributed by atoms with Crippen LogP contribution in [0.1, 0.15) is 49.4 Å². The number of aryl methyl sites for hydroxylation is 1. The SMILES string of the molecule is CSc1nc(NCCCO)c2sc3nc(C(C)C)c4c(c3c2n1)CCC4. The van der Waals surface area contributed by atoms with Crippen LogP contribution in [0.4, 0.5) is 5.82 Å². The quantitative estimate of drug-likeness (QED) is 0.371. The minimum Gasteiger partial charge on any atom is -0.396 e. The molecule has 0 saturated carbocycles. The summed E-state index contributed by atoms with van der Waals surface area (Å²) < 4.78 is 1.08. The van der Waals surface area contributed by atoms with Crippen molar-refractivity contribution in [1.29, 1.82) is 0 Å². The van der Waals surface area contributed by atoms with E-state index in [0.717, 1.165) is 38.9 Å². The molecule has 3 heterocycles. The number of nitrogens with one attached hydrogen (secondary N) is 1. The van der Waals surface area contributed by atoms with Crippen molar-refractivity contribution < 1.29 is 5.11 Å². The largest absolute Gasteiger partial charge is 0.396 e. The van der Waals surface area contributed by atoms with Gasteiger partial charge in [-0.2, -0.15) is 0 Å². The first-order valence-corrected chi connectivity index (χ1v) is 11.2. The standard InChI is InChI=1S/C19H24N4OS2/c1-10(2)14-12-7-4-6-11(12)13-15-16(26-18(13)21-14)17(20-8-5-9-24)23-19(22-15)25-3/h10,24H,4-9H2,1-3H3,(H,20,22,23). The van der Waals surface area contributed by atoms with Gasteiger partial charge in [0.1, 0.15) is 10.6 Å². The van der Waals surface area contributed by atoms with Gasteiger partial charge >= 0.3 is 0 Å². The highest BCUT2D eigenvalue weighted by Gasteiger charge is 2.25. The van der Waals surface area contributed by atoms with Gasteiger partial charge in [0.25, 0.3) is 0 Å². The van der Waals surface area contributed by atoms with Gasteiger partial charge in [0, 0.05) is 24.2 Å². The molecular formula is C19H24N4OS2. The fourth-order valence-electron chi connectivity index (χ4n) is 3.75. The molecule has 0 amide bonds. The molecule has 0 atom stereocenters. The maximum absolute atomic E-state index is 9.08. The highest BCUT2D eigenvalue weighted by molar-refractivity contribution is 7.98. The van der Waals surface area contributed by atoms with E-state index in [1.54, 1.807) is 23.1 Å². The van der Waals surface area contributed by atoms with E-state index in [1.807, 2.05) is 6.26 Å². The van der Waals surface area contributed by atoms with E-state index in [4.69, 9.17) is 15.1 Å². The molecule has 3 aromatic heterocycles. The number of hydrogen-bond donors (Lipinski definition) is 2. The predicted octanol–water partition coefficient (Wildman–Crippen LogP) is 4.37. The number of thioether (sulfide) groups is 1. The lowest BCUT2D eigenvalue weighted by atomic mass is 9.99. The number of anilines is 1. The Morgan fingerprint density at radius 2 is 2.00 bits per heavy atom. The molecule has 2 N–H and O–H groups in total. The van der Waals surface area contributed by atoms with Crippen molar-refractivity contribution in [2.75, 3.05) is 24.7 Å². The Morgan fingerprint density at radius 3 is 2.73 bits per heavy atom. The Bertz CT molecular complexity index is 967. The van der Waals surface area contributed by atoms with Crippen LogP contribution in [0, 0.1) is 0 Å². The van der Waals surface area contributed by atoms with Crippen molar-refractivity contribution in [1.82, 2.24) is 15.0 Å². The lowest BCUT2D eigenvalue weighted by Gasteiger charge is -2.12. The number of aromatic nitrogens is 3. The molecule has 0 saturated heterocycles. The molecule has 26 heavy (non-hydrogen) atoms. The molecule has 1 aliphatic carbocycles. The molecule has 7 heteroatoms. The molecule has 0 aromatic carbocycles. The van der Waals surface area contributed by atoms with Gasteiger partial charge in [0.15, 0.2) is 5.16 Å². The van der Waals surface area contributed by atoms with Crippen LogP contribution in [0.15, 0.2) is 5.16 Å². The third-order valence-electron chi connectivity index (χ3n) is 4.90. The number of aliphatic hydroxyl groups is 1. The van der Waals surface area contributed by atoms with Gasteiger partial charge < -0.3 is 10.4 Å². The molecule has 0 aliphatic heterocycles. The van der Waals surface area contributed by atoms with Crippen LogP contribution in [0.2, 0.25) is 0 Å². The predicted molar refractivity (Wildman–Crippen MR) is 111 cm³/mol. The second kappa shape index (κ2) is 7.29. The third-order valence-corrected chi connectivity index (χ3v) is 6.53. The van der Waals surface area contributed by atoms with Crippen molar-refractivity contribution in [3.05, 3.63) is 16.8 Å². The number of nitrogens with zero attached hydrogens (tertiary/aromatic N) is 3. The zero-order valence-electron chi connectivity index (χ0n) is 15.4. The van der Waals surface area contributed by atoms with Crippen LogP contribution in [0.3, 0.4) is 0 Å². The first kappa shape index (κ1) is 17.9. The monoisotopic (exact) mass is 388 g/mol. The van der Waals surface area contributed by atoms with E-state index in [9.17, 15) is 0 Å². The van der Waals surface area contributed by atoms with Gasteiger partial charge in [0.2, 0.25) is 0 Å². The molecule has 5 nitrogen and oxygen atoms in total. The van der Waals surface area contributed by atoms with Crippen molar-refractivity contribution in [3.8, 4) is 0 Å². The summed E-state index contributed by atoms with van der Waals surface area (Å²) >= 11 is 3.26. The molecule has 1 aliphatic rings. The fourth-order valence-corrected chi connectivity index (χ4v) is 5.23. The highest BCUT2D eigenvalue weighted by Crippen LogP contribution is 2.43. The van der Waals surface area contributed by atoms with Gasteiger partial charge in [-0.25, -0.2) is 15.0 Å². The summed E-state index contributed by atoms with van der Waals surface area (Å²) in [6.07, 6.45) is 6.16. The minimum atomic E-state index is 0.176. The topological polar surface area (TPSA) is 70.9 Å². The molecule has 138 valence electrons. The average Bonchev–Trinajstić information content (AvgIpc) is 3.24. The lowest BCUT2D eigenvalue weighted by Crippen LogP contribution is -2.06. The van der Waals surface area contributed by atoms with Gasteiger partial charge in [-0.05, 0) is 49.0 Å². The number of pyridine rings is 1. The summed E-state index contributed by atoms with van der Waals surface area (Å²) in [5.74, 6) is 1.31. The Labute approximate surface area is 161 Å². The zero-order chi connectivity index (χ0) is 18.3. The maximum Gasteiger partial charge on any atom is 0.189 e. The van der Waals surface area contributed by atoms with Crippen LogP contribution in [0.25, 0.3) is 20.4 Å². The lowest BCUT2D eigenvalue weighted by molar-refractivity contribution is 0.292. The molecule has 0 unspecified atom stereocenters. The second-order valence-electron chi connectivity index (χ2n) is 6.99. The molecule has 0 spiro atoms. The van der Waals surface area contributed by atoms with Crippen molar-refractivity contribution in [3.63, 3.8) is 0 Å². The summed E-state index contributed by atoms with van der Waals surface area (Å²) in [6, 6.07) is 0. The van der Waals surface area contributed by atoms with Crippen molar-refractivity contribution >= 4 is 49.3 Å². The van der Waals surface area contributed by atoms with Crippen LogP contribution in [-0.2, 0) is 12.8 Å². The maximum atomic E-state index is 9.08. The summed E-state index contributed by atoms with van der Waals surface area (Å²) in [4.78, 5) is 15.7. The van der Waals surface area contributed by atoms with E-state index in [-0.39, 0.29) is 6.61 Å². The fraction of sp³-hybridized carbons (Fsp3) is 0.526. The minimum absolute atomic E-state index is 0.176. The molecular weight excluding hydrogens is 364 g/mol. The van der Waals surface area contributed by atoms with Crippen LogP contribution in [0.5, 0.6) is 0 Å². The van der Waals surface area contributed by atoms with Gasteiger partial charge in [-0.3, -0.25) is 0 Å². The van der Waals surface area contributed by atoms with Gasteiger partial charge in [-0.1, -0.05) is 25.6 Å². The van der Waals surface area contributed by atoms with Crippen LogP contribution < -0.4 is 5.32 Å². The van der Waals surface area contributed by atoms with Gasteiger partial charge in [-0.15, -0.1) is 11.3 Å². The number of aliphatic hydroxyl groups excluding tert-OH is 1. The number of hydrogen-bond acceptors (Lipinski definition) is 7. The first-order chi connectivity index (χ1) is 12.6. The Kier molecular flexibility index (Phi) is 5.03.